The number of nitrogens with zero attached hydrogens (tertiary/aromatic N) is 2. The molecule has 102 valence electrons. The molecule has 0 unspecified atom stereocenters. The van der Waals surface area contributed by atoms with Gasteiger partial charge in [0.15, 0.2) is 0 Å². The summed E-state index contributed by atoms with van der Waals surface area (Å²) >= 11 is 0. The van der Waals surface area contributed by atoms with Crippen LogP contribution in [0.15, 0.2) is 42.6 Å². The van der Waals surface area contributed by atoms with Crippen LogP contribution in [0.2, 0.25) is 0 Å². The highest BCUT2D eigenvalue weighted by atomic mass is 16.2. The first-order valence-electron chi connectivity index (χ1n) is 6.79. The van der Waals surface area contributed by atoms with Crippen molar-refractivity contribution in [2.45, 2.75) is 13.5 Å². The number of benzene rings is 1. The van der Waals surface area contributed by atoms with E-state index in [1.165, 1.54) is 0 Å². The summed E-state index contributed by atoms with van der Waals surface area (Å²) in [5.41, 5.74) is 3.57. The third kappa shape index (κ3) is 2.30. The van der Waals surface area contributed by atoms with Crippen molar-refractivity contribution in [1.29, 1.82) is 0 Å². The lowest BCUT2D eigenvalue weighted by Gasteiger charge is -2.22. The Labute approximate surface area is 118 Å². The fourth-order valence-electron chi connectivity index (χ4n) is 2.51. The average molecular weight is 267 g/mol. The number of fused-ring (bicyclic) bond motifs is 1. The number of hydrogen-bond donors (Lipinski definition) is 1. The number of carbonyl (C=O) groups excluding carboxylic acids is 1. The van der Waals surface area contributed by atoms with Crippen LogP contribution in [-0.2, 0) is 6.54 Å². The number of amides is 1. The molecule has 1 aliphatic heterocycles. The van der Waals surface area contributed by atoms with Gasteiger partial charge >= 0.3 is 0 Å². The molecule has 4 heteroatoms. The Bertz CT molecular complexity index is 639. The Balaban J connectivity index is 2.02. The van der Waals surface area contributed by atoms with Gasteiger partial charge in [-0.3, -0.25) is 9.78 Å². The number of nitrogens with one attached hydrogen (secondary N) is 1. The second-order valence-corrected chi connectivity index (χ2v) is 4.93. The lowest BCUT2D eigenvalue weighted by Crippen LogP contribution is -2.35. The predicted octanol–water partition coefficient (Wildman–Crippen LogP) is 2.14. The van der Waals surface area contributed by atoms with Crippen LogP contribution in [0.1, 0.15) is 21.6 Å². The van der Waals surface area contributed by atoms with Crippen molar-refractivity contribution in [3.05, 3.63) is 59.4 Å². The fraction of sp³-hybridized carbons (Fsp3) is 0.250. The van der Waals surface area contributed by atoms with Crippen LogP contribution >= 0.6 is 0 Å². The normalized spacial score (nSPS) is 14.6. The zero-order valence-corrected chi connectivity index (χ0v) is 11.5. The summed E-state index contributed by atoms with van der Waals surface area (Å²) in [6, 6.07) is 11.8. The summed E-state index contributed by atoms with van der Waals surface area (Å²) in [7, 11) is 0. The molecule has 20 heavy (non-hydrogen) atoms. The minimum absolute atomic E-state index is 0.0285. The monoisotopic (exact) mass is 267 g/mol. The van der Waals surface area contributed by atoms with Crippen LogP contribution in [0, 0.1) is 6.92 Å². The molecule has 0 atom stereocenters. The van der Waals surface area contributed by atoms with Gasteiger partial charge in [0.25, 0.3) is 5.91 Å². The number of rotatable bonds is 1. The topological polar surface area (TPSA) is 45.2 Å². The third-order valence-electron chi connectivity index (χ3n) is 3.57. The molecule has 1 amide bonds. The molecule has 3 rings (SSSR count). The van der Waals surface area contributed by atoms with Gasteiger partial charge in [-0.05, 0) is 30.2 Å². The standard InChI is InChI=1S/C16H17N3O/c1-12-5-4-8-18-15(12)16(20)19-10-9-17-11-13-6-2-3-7-14(13)19/h2-8,17H,9-11H2,1H3. The van der Waals surface area contributed by atoms with Gasteiger partial charge in [0.05, 0.1) is 0 Å². The zero-order chi connectivity index (χ0) is 13.9. The summed E-state index contributed by atoms with van der Waals surface area (Å²) in [6.07, 6.45) is 1.67. The van der Waals surface area contributed by atoms with Crippen LogP contribution < -0.4 is 10.2 Å². The number of carbonyl (C=O) groups is 1. The first-order valence-corrected chi connectivity index (χ1v) is 6.79. The van der Waals surface area contributed by atoms with Crippen molar-refractivity contribution >= 4 is 11.6 Å². The molecule has 0 spiro atoms. The van der Waals surface area contributed by atoms with E-state index < -0.39 is 0 Å². The van der Waals surface area contributed by atoms with E-state index in [9.17, 15) is 4.79 Å². The highest BCUT2D eigenvalue weighted by Gasteiger charge is 2.23. The van der Waals surface area contributed by atoms with Gasteiger partial charge in [0.2, 0.25) is 0 Å². The summed E-state index contributed by atoms with van der Waals surface area (Å²) in [6.45, 7) is 4.15. The summed E-state index contributed by atoms with van der Waals surface area (Å²) in [4.78, 5) is 18.8. The van der Waals surface area contributed by atoms with Crippen molar-refractivity contribution in [2.24, 2.45) is 0 Å². The largest absolute Gasteiger partial charge is 0.311 e. The molecule has 0 radical (unpaired) electrons. The molecule has 0 bridgehead atoms. The number of para-hydroxylation sites is 1. The maximum atomic E-state index is 12.8. The quantitative estimate of drug-likeness (QED) is 0.861. The van der Waals surface area contributed by atoms with Gasteiger partial charge < -0.3 is 10.2 Å². The van der Waals surface area contributed by atoms with Crippen LogP contribution in [0.5, 0.6) is 0 Å². The van der Waals surface area contributed by atoms with Crippen LogP contribution in [0.4, 0.5) is 5.69 Å². The molecule has 1 aromatic heterocycles. The number of aryl methyl sites for hydroxylation is 1. The molecule has 0 aliphatic carbocycles. The van der Waals surface area contributed by atoms with E-state index in [1.54, 1.807) is 6.20 Å². The van der Waals surface area contributed by atoms with Crippen LogP contribution in [-0.4, -0.2) is 24.0 Å². The Hall–Kier alpha value is -2.20. The van der Waals surface area contributed by atoms with Crippen LogP contribution in [0.25, 0.3) is 0 Å². The summed E-state index contributed by atoms with van der Waals surface area (Å²) < 4.78 is 0. The zero-order valence-electron chi connectivity index (χ0n) is 11.5. The van der Waals surface area contributed by atoms with Gasteiger partial charge in [0.1, 0.15) is 5.69 Å². The highest BCUT2D eigenvalue weighted by molar-refractivity contribution is 6.06. The molecule has 2 aromatic rings. The molecule has 2 heterocycles. The molecule has 4 nitrogen and oxygen atoms in total. The Morgan fingerprint density at radius 3 is 2.95 bits per heavy atom. The number of hydrogen-bond acceptors (Lipinski definition) is 3. The van der Waals surface area contributed by atoms with Gasteiger partial charge in [-0.15, -0.1) is 0 Å². The van der Waals surface area contributed by atoms with Crippen molar-refractivity contribution in [2.75, 3.05) is 18.0 Å². The maximum Gasteiger partial charge on any atom is 0.277 e. The second-order valence-electron chi connectivity index (χ2n) is 4.93. The smallest absolute Gasteiger partial charge is 0.277 e. The number of anilines is 1. The van der Waals surface area contributed by atoms with Crippen molar-refractivity contribution < 1.29 is 4.79 Å². The van der Waals surface area contributed by atoms with Gasteiger partial charge in [0, 0.05) is 31.5 Å². The van der Waals surface area contributed by atoms with Crippen LogP contribution in [0.3, 0.4) is 0 Å². The van der Waals surface area contributed by atoms with Gasteiger partial charge in [-0.25, -0.2) is 0 Å². The third-order valence-corrected chi connectivity index (χ3v) is 3.57. The first-order chi connectivity index (χ1) is 9.77. The highest BCUT2D eigenvalue weighted by Crippen LogP contribution is 2.24. The Morgan fingerprint density at radius 2 is 2.10 bits per heavy atom. The van der Waals surface area contributed by atoms with Crippen molar-refractivity contribution in [3.8, 4) is 0 Å². The van der Waals surface area contributed by atoms with E-state index >= 15 is 0 Å². The van der Waals surface area contributed by atoms with Crippen molar-refractivity contribution in [3.63, 3.8) is 0 Å². The lowest BCUT2D eigenvalue weighted by atomic mass is 10.1. The van der Waals surface area contributed by atoms with E-state index in [-0.39, 0.29) is 5.91 Å². The number of pyridine rings is 1. The first kappa shape index (κ1) is 12.8. The Kier molecular flexibility index (Phi) is 3.48. The molecule has 1 aromatic carbocycles. The van der Waals surface area contributed by atoms with Gasteiger partial charge in [-0.1, -0.05) is 24.3 Å². The lowest BCUT2D eigenvalue weighted by molar-refractivity contribution is 0.0982. The predicted molar refractivity (Wildman–Crippen MR) is 78.8 cm³/mol. The molecular weight excluding hydrogens is 250 g/mol. The van der Waals surface area contributed by atoms with Gasteiger partial charge in [-0.2, -0.15) is 0 Å². The molecule has 1 aliphatic rings. The summed E-state index contributed by atoms with van der Waals surface area (Å²) in [5.74, 6) is -0.0285. The molecular formula is C16H17N3O. The SMILES string of the molecule is Cc1cccnc1C(=O)N1CCNCc2ccccc21. The fourth-order valence-corrected chi connectivity index (χ4v) is 2.51. The average Bonchev–Trinajstić information content (AvgIpc) is 2.69. The van der Waals surface area contributed by atoms with Crippen molar-refractivity contribution in [1.82, 2.24) is 10.3 Å². The minimum atomic E-state index is -0.0285. The van der Waals surface area contributed by atoms with E-state index in [0.29, 0.717) is 12.2 Å². The molecule has 0 saturated carbocycles. The maximum absolute atomic E-state index is 12.8. The number of aromatic nitrogens is 1. The molecule has 0 fully saturated rings. The van der Waals surface area contributed by atoms with E-state index in [1.807, 2.05) is 42.2 Å². The molecule has 0 saturated heterocycles. The van der Waals surface area contributed by atoms with E-state index in [2.05, 4.69) is 16.4 Å². The minimum Gasteiger partial charge on any atom is -0.311 e. The second kappa shape index (κ2) is 5.43. The van der Waals surface area contributed by atoms with E-state index in [4.69, 9.17) is 0 Å². The molecule has 1 N–H and O–H groups in total. The Morgan fingerprint density at radius 1 is 1.25 bits per heavy atom. The summed E-state index contributed by atoms with van der Waals surface area (Å²) in [5, 5.41) is 3.34. The van der Waals surface area contributed by atoms with E-state index in [0.717, 1.165) is 29.9 Å².